The Labute approximate surface area is 111 Å². The smallest absolute Gasteiger partial charge is 0.242 e. The van der Waals surface area contributed by atoms with E-state index in [-0.39, 0.29) is 12.5 Å². The van der Waals surface area contributed by atoms with Crippen LogP contribution in [-0.2, 0) is 4.79 Å². The summed E-state index contributed by atoms with van der Waals surface area (Å²) in [6.07, 6.45) is 5.77. The van der Waals surface area contributed by atoms with E-state index in [1.807, 2.05) is 0 Å². The molecule has 4 heteroatoms. The highest BCUT2D eigenvalue weighted by molar-refractivity contribution is 5.86. The van der Waals surface area contributed by atoms with Crippen molar-refractivity contribution in [3.05, 3.63) is 0 Å². The summed E-state index contributed by atoms with van der Waals surface area (Å²) >= 11 is 0. The van der Waals surface area contributed by atoms with Gasteiger partial charge in [-0.05, 0) is 25.2 Å². The van der Waals surface area contributed by atoms with E-state index < -0.39 is 5.54 Å². The highest BCUT2D eigenvalue weighted by Crippen LogP contribution is 2.31. The Morgan fingerprint density at radius 2 is 2.22 bits per heavy atom. The van der Waals surface area contributed by atoms with Crippen LogP contribution in [0.1, 0.15) is 52.4 Å². The molecule has 1 aliphatic rings. The predicted octanol–water partition coefficient (Wildman–Crippen LogP) is 1.51. The standard InChI is InChI=1S/C14H28N2O2/c1-3-4-8-16(9-10-17)13(18)14(15)7-5-6-12(2)11-14/h12,17H,3-11,15H2,1-2H3. The third-order valence-corrected chi connectivity index (χ3v) is 3.90. The van der Waals surface area contributed by atoms with Crippen molar-refractivity contribution in [1.82, 2.24) is 4.90 Å². The van der Waals surface area contributed by atoms with Crippen LogP contribution in [0.2, 0.25) is 0 Å². The molecule has 0 saturated heterocycles. The van der Waals surface area contributed by atoms with Gasteiger partial charge in [-0.2, -0.15) is 0 Å². The molecule has 0 radical (unpaired) electrons. The van der Waals surface area contributed by atoms with Gasteiger partial charge < -0.3 is 15.7 Å². The molecular formula is C14H28N2O2. The number of unbranched alkanes of at least 4 members (excludes halogenated alkanes) is 1. The van der Waals surface area contributed by atoms with E-state index in [9.17, 15) is 4.79 Å². The molecule has 2 atom stereocenters. The summed E-state index contributed by atoms with van der Waals surface area (Å²) < 4.78 is 0. The number of carbonyl (C=O) groups excluding carboxylic acids is 1. The van der Waals surface area contributed by atoms with E-state index >= 15 is 0 Å². The number of nitrogens with zero attached hydrogens (tertiary/aromatic N) is 1. The normalized spacial score (nSPS) is 28.1. The zero-order chi connectivity index (χ0) is 13.6. The molecule has 2 unspecified atom stereocenters. The molecule has 1 amide bonds. The molecule has 0 heterocycles. The minimum atomic E-state index is -0.694. The van der Waals surface area contributed by atoms with Gasteiger partial charge in [-0.25, -0.2) is 0 Å². The minimum Gasteiger partial charge on any atom is -0.395 e. The van der Waals surface area contributed by atoms with Gasteiger partial charge in [-0.3, -0.25) is 4.79 Å². The molecule has 4 nitrogen and oxygen atoms in total. The van der Waals surface area contributed by atoms with Crippen LogP contribution in [0.15, 0.2) is 0 Å². The summed E-state index contributed by atoms with van der Waals surface area (Å²) in [5.41, 5.74) is 5.63. The fourth-order valence-corrected chi connectivity index (χ4v) is 2.89. The van der Waals surface area contributed by atoms with Crippen LogP contribution in [0.25, 0.3) is 0 Å². The highest BCUT2D eigenvalue weighted by Gasteiger charge is 2.40. The van der Waals surface area contributed by atoms with Crippen molar-refractivity contribution >= 4 is 5.91 Å². The number of nitrogens with two attached hydrogens (primary N) is 1. The summed E-state index contributed by atoms with van der Waals surface area (Å²) in [4.78, 5) is 14.3. The molecule has 18 heavy (non-hydrogen) atoms. The average Bonchev–Trinajstić information content (AvgIpc) is 2.33. The molecule has 0 aromatic heterocycles. The number of aliphatic hydroxyl groups is 1. The molecule has 1 rings (SSSR count). The van der Waals surface area contributed by atoms with Crippen LogP contribution in [-0.4, -0.2) is 41.1 Å². The largest absolute Gasteiger partial charge is 0.395 e. The first-order valence-electron chi connectivity index (χ1n) is 7.22. The Morgan fingerprint density at radius 1 is 1.50 bits per heavy atom. The molecule has 0 aromatic rings. The van der Waals surface area contributed by atoms with Crippen LogP contribution < -0.4 is 5.73 Å². The number of hydrogen-bond donors (Lipinski definition) is 2. The van der Waals surface area contributed by atoms with Gasteiger partial charge in [0.05, 0.1) is 12.1 Å². The van der Waals surface area contributed by atoms with E-state index in [1.165, 1.54) is 6.42 Å². The molecule has 1 saturated carbocycles. The molecule has 0 aliphatic heterocycles. The van der Waals surface area contributed by atoms with Gasteiger partial charge in [0.15, 0.2) is 0 Å². The molecule has 106 valence electrons. The zero-order valence-electron chi connectivity index (χ0n) is 11.8. The maximum Gasteiger partial charge on any atom is 0.242 e. The van der Waals surface area contributed by atoms with Gasteiger partial charge in [-0.15, -0.1) is 0 Å². The fraction of sp³-hybridized carbons (Fsp3) is 0.929. The first-order chi connectivity index (χ1) is 8.53. The van der Waals surface area contributed by atoms with E-state index in [0.29, 0.717) is 19.0 Å². The maximum atomic E-state index is 12.6. The van der Waals surface area contributed by atoms with Gasteiger partial charge in [0.25, 0.3) is 0 Å². The third-order valence-electron chi connectivity index (χ3n) is 3.90. The Balaban J connectivity index is 2.67. The first-order valence-corrected chi connectivity index (χ1v) is 7.22. The van der Waals surface area contributed by atoms with E-state index in [4.69, 9.17) is 10.8 Å². The first kappa shape index (κ1) is 15.4. The molecular weight excluding hydrogens is 228 g/mol. The van der Waals surface area contributed by atoms with E-state index in [1.54, 1.807) is 4.90 Å². The van der Waals surface area contributed by atoms with Crippen molar-refractivity contribution in [2.24, 2.45) is 11.7 Å². The lowest BCUT2D eigenvalue weighted by molar-refractivity contribution is -0.139. The molecule has 0 bridgehead atoms. The SMILES string of the molecule is CCCCN(CCO)C(=O)C1(N)CCCC(C)C1. The minimum absolute atomic E-state index is 0.0150. The Hall–Kier alpha value is -0.610. The van der Waals surface area contributed by atoms with Gasteiger partial charge in [0.1, 0.15) is 0 Å². The second-order valence-corrected chi connectivity index (χ2v) is 5.73. The van der Waals surface area contributed by atoms with Crippen molar-refractivity contribution in [3.8, 4) is 0 Å². The van der Waals surface area contributed by atoms with Crippen molar-refractivity contribution in [3.63, 3.8) is 0 Å². The molecule has 0 aromatic carbocycles. The van der Waals surface area contributed by atoms with Crippen LogP contribution in [0, 0.1) is 5.92 Å². The number of hydrogen-bond acceptors (Lipinski definition) is 3. The second-order valence-electron chi connectivity index (χ2n) is 5.73. The number of amides is 1. The summed E-state index contributed by atoms with van der Waals surface area (Å²) in [5.74, 6) is 0.561. The van der Waals surface area contributed by atoms with Crippen LogP contribution >= 0.6 is 0 Å². The monoisotopic (exact) mass is 256 g/mol. The average molecular weight is 256 g/mol. The van der Waals surface area contributed by atoms with Gasteiger partial charge >= 0.3 is 0 Å². The predicted molar refractivity (Wildman–Crippen MR) is 73.1 cm³/mol. The van der Waals surface area contributed by atoms with Crippen molar-refractivity contribution < 1.29 is 9.90 Å². The number of rotatable bonds is 6. The fourth-order valence-electron chi connectivity index (χ4n) is 2.89. The molecule has 1 fully saturated rings. The lowest BCUT2D eigenvalue weighted by atomic mass is 9.76. The van der Waals surface area contributed by atoms with Gasteiger partial charge in [-0.1, -0.05) is 33.1 Å². The quantitative estimate of drug-likeness (QED) is 0.757. The van der Waals surface area contributed by atoms with Crippen LogP contribution in [0.4, 0.5) is 0 Å². The Morgan fingerprint density at radius 3 is 2.78 bits per heavy atom. The zero-order valence-corrected chi connectivity index (χ0v) is 11.8. The van der Waals surface area contributed by atoms with Gasteiger partial charge in [0, 0.05) is 13.1 Å². The van der Waals surface area contributed by atoms with E-state index in [0.717, 1.165) is 32.1 Å². The second kappa shape index (κ2) is 7.10. The molecule has 1 aliphatic carbocycles. The number of carbonyl (C=O) groups is 1. The summed E-state index contributed by atoms with van der Waals surface area (Å²) in [6, 6.07) is 0. The summed E-state index contributed by atoms with van der Waals surface area (Å²) in [6.45, 7) is 5.40. The molecule has 0 spiro atoms. The van der Waals surface area contributed by atoms with Crippen LogP contribution in [0.5, 0.6) is 0 Å². The maximum absolute atomic E-state index is 12.6. The lowest BCUT2D eigenvalue weighted by Gasteiger charge is -2.39. The number of aliphatic hydroxyl groups excluding tert-OH is 1. The summed E-state index contributed by atoms with van der Waals surface area (Å²) in [7, 11) is 0. The lowest BCUT2D eigenvalue weighted by Crippen LogP contribution is -2.58. The van der Waals surface area contributed by atoms with Gasteiger partial charge in [0.2, 0.25) is 5.91 Å². The van der Waals surface area contributed by atoms with Crippen molar-refractivity contribution in [2.75, 3.05) is 19.7 Å². The Bertz CT molecular complexity index is 271. The van der Waals surface area contributed by atoms with E-state index in [2.05, 4.69) is 13.8 Å². The third kappa shape index (κ3) is 3.95. The van der Waals surface area contributed by atoms with Crippen LogP contribution in [0.3, 0.4) is 0 Å². The van der Waals surface area contributed by atoms with Crippen molar-refractivity contribution in [1.29, 1.82) is 0 Å². The topological polar surface area (TPSA) is 66.6 Å². The Kier molecular flexibility index (Phi) is 6.09. The molecule has 3 N–H and O–H groups in total. The van der Waals surface area contributed by atoms with Crippen molar-refractivity contribution in [2.45, 2.75) is 57.9 Å². The highest BCUT2D eigenvalue weighted by atomic mass is 16.3. The summed E-state index contributed by atoms with van der Waals surface area (Å²) in [5, 5.41) is 9.08.